The van der Waals surface area contributed by atoms with Crippen LogP contribution < -0.4 is 15.4 Å². The lowest BCUT2D eigenvalue weighted by Gasteiger charge is -2.44. The summed E-state index contributed by atoms with van der Waals surface area (Å²) in [5, 5.41) is 6.34. The van der Waals surface area contributed by atoms with Gasteiger partial charge in [-0.1, -0.05) is 58.0 Å². The van der Waals surface area contributed by atoms with Crippen LogP contribution in [0.3, 0.4) is 0 Å². The van der Waals surface area contributed by atoms with Crippen LogP contribution in [0.4, 0.5) is 5.69 Å². The number of hydrogen-bond acceptors (Lipinski definition) is 5. The van der Waals surface area contributed by atoms with Crippen LogP contribution in [0.2, 0.25) is 0 Å². The first-order chi connectivity index (χ1) is 17.5. The highest BCUT2D eigenvalue weighted by molar-refractivity contribution is 6.06. The molecule has 0 radical (unpaired) electrons. The highest BCUT2D eigenvalue weighted by Gasteiger charge is 2.46. The van der Waals surface area contributed by atoms with E-state index in [1.165, 1.54) is 0 Å². The van der Waals surface area contributed by atoms with E-state index in [9.17, 15) is 14.4 Å². The quantitative estimate of drug-likeness (QED) is 0.554. The van der Waals surface area contributed by atoms with Gasteiger partial charge < -0.3 is 15.4 Å². The average molecular weight is 499 g/mol. The maximum atomic E-state index is 13.4. The fourth-order valence-corrected chi connectivity index (χ4v) is 5.85. The molecule has 0 saturated carbocycles. The number of rotatable bonds is 5. The summed E-state index contributed by atoms with van der Waals surface area (Å²) >= 11 is 0. The van der Waals surface area contributed by atoms with Gasteiger partial charge in [-0.25, -0.2) is 0 Å². The number of ether oxygens (including phenoxy) is 1. The van der Waals surface area contributed by atoms with Gasteiger partial charge in [0.25, 0.3) is 5.91 Å². The zero-order valence-electron chi connectivity index (χ0n) is 21.9. The van der Waals surface area contributed by atoms with Crippen LogP contribution in [0.5, 0.6) is 5.75 Å². The zero-order valence-corrected chi connectivity index (χ0v) is 21.9. The number of amides is 1. The fraction of sp³-hybridized carbons (Fsp3) is 0.387. The van der Waals surface area contributed by atoms with Gasteiger partial charge in [-0.15, -0.1) is 0 Å². The number of benzene rings is 2. The number of nitrogens with one attached hydrogen (secondary N) is 2. The lowest BCUT2D eigenvalue weighted by Crippen LogP contribution is -2.42. The van der Waals surface area contributed by atoms with E-state index in [0.717, 1.165) is 40.9 Å². The van der Waals surface area contributed by atoms with Crippen molar-refractivity contribution in [2.75, 3.05) is 11.9 Å². The van der Waals surface area contributed by atoms with E-state index < -0.39 is 0 Å². The molecule has 0 spiro atoms. The SMILES string of the molecule is CC1(C)CC(=O)C2=C(C1)NC1=C(C(=O)CC(C)(C)C1)C2c1ccc(OCC(=O)Nc2ccccc2)cc1. The van der Waals surface area contributed by atoms with E-state index in [4.69, 9.17) is 4.74 Å². The molecule has 0 fully saturated rings. The highest BCUT2D eigenvalue weighted by atomic mass is 16.5. The topological polar surface area (TPSA) is 84.5 Å². The number of allylic oxidation sites excluding steroid dienone is 4. The maximum absolute atomic E-state index is 13.4. The average Bonchev–Trinajstić information content (AvgIpc) is 2.81. The molecule has 3 aliphatic rings. The van der Waals surface area contributed by atoms with Crippen LogP contribution in [0.15, 0.2) is 77.1 Å². The molecule has 2 aliphatic carbocycles. The first kappa shape index (κ1) is 25.0. The van der Waals surface area contributed by atoms with E-state index in [1.54, 1.807) is 0 Å². The Bertz CT molecular complexity index is 1260. The highest BCUT2D eigenvalue weighted by Crippen LogP contribution is 2.51. The van der Waals surface area contributed by atoms with E-state index in [1.807, 2.05) is 54.6 Å². The number of carbonyl (C=O) groups is 3. The van der Waals surface area contributed by atoms with Gasteiger partial charge in [0.1, 0.15) is 5.75 Å². The van der Waals surface area contributed by atoms with Crippen LogP contribution in [0.1, 0.15) is 64.9 Å². The third kappa shape index (κ3) is 5.24. The fourth-order valence-electron chi connectivity index (χ4n) is 5.85. The minimum Gasteiger partial charge on any atom is -0.484 e. The predicted molar refractivity (Wildman–Crippen MR) is 143 cm³/mol. The molecule has 5 rings (SSSR count). The van der Waals surface area contributed by atoms with Crippen molar-refractivity contribution in [3.8, 4) is 5.75 Å². The summed E-state index contributed by atoms with van der Waals surface area (Å²) in [5.41, 5.74) is 4.70. The molecule has 6 nitrogen and oxygen atoms in total. The Kier molecular flexibility index (Phi) is 6.30. The second-order valence-electron chi connectivity index (χ2n) is 12.0. The van der Waals surface area contributed by atoms with Gasteiger partial charge in [-0.3, -0.25) is 14.4 Å². The Balaban J connectivity index is 1.41. The van der Waals surface area contributed by atoms with Crippen molar-refractivity contribution < 1.29 is 19.1 Å². The molecular weight excluding hydrogens is 464 g/mol. The first-order valence-corrected chi connectivity index (χ1v) is 12.9. The molecule has 0 aromatic heterocycles. The number of para-hydroxylation sites is 1. The molecule has 0 atom stereocenters. The molecule has 0 saturated heterocycles. The summed E-state index contributed by atoms with van der Waals surface area (Å²) in [4.78, 5) is 39.1. The minimum absolute atomic E-state index is 0.103. The van der Waals surface area contributed by atoms with Crippen molar-refractivity contribution in [2.24, 2.45) is 10.8 Å². The van der Waals surface area contributed by atoms with E-state index in [-0.39, 0.29) is 40.8 Å². The van der Waals surface area contributed by atoms with Gasteiger partial charge in [0.05, 0.1) is 0 Å². The molecule has 37 heavy (non-hydrogen) atoms. The number of carbonyl (C=O) groups excluding carboxylic acids is 3. The van der Waals surface area contributed by atoms with Crippen LogP contribution in [-0.2, 0) is 14.4 Å². The van der Waals surface area contributed by atoms with Crippen molar-refractivity contribution in [3.05, 3.63) is 82.7 Å². The van der Waals surface area contributed by atoms with E-state index in [2.05, 4.69) is 38.3 Å². The van der Waals surface area contributed by atoms with Gasteiger partial charge in [0, 0.05) is 47.0 Å². The lowest BCUT2D eigenvalue weighted by molar-refractivity contribution is -0.119. The largest absolute Gasteiger partial charge is 0.484 e. The van der Waals surface area contributed by atoms with E-state index >= 15 is 0 Å². The van der Waals surface area contributed by atoms with Gasteiger partial charge in [0.2, 0.25) is 0 Å². The van der Waals surface area contributed by atoms with Crippen LogP contribution >= 0.6 is 0 Å². The van der Waals surface area contributed by atoms with Gasteiger partial charge >= 0.3 is 0 Å². The Hall–Kier alpha value is -3.67. The molecule has 1 heterocycles. The summed E-state index contributed by atoms with van der Waals surface area (Å²) in [6, 6.07) is 16.7. The number of ketones is 2. The van der Waals surface area contributed by atoms with Crippen LogP contribution in [0.25, 0.3) is 0 Å². The third-order valence-corrected chi connectivity index (χ3v) is 7.36. The molecular formula is C31H34N2O4. The van der Waals surface area contributed by atoms with Crippen LogP contribution in [-0.4, -0.2) is 24.1 Å². The molecule has 0 unspecified atom stereocenters. The molecule has 2 aromatic carbocycles. The lowest BCUT2D eigenvalue weighted by atomic mass is 9.64. The van der Waals surface area contributed by atoms with Gasteiger partial charge in [0.15, 0.2) is 18.2 Å². The molecule has 192 valence electrons. The Morgan fingerprint density at radius 2 is 1.38 bits per heavy atom. The Labute approximate surface area is 218 Å². The smallest absolute Gasteiger partial charge is 0.262 e. The number of Topliss-reactive ketones (excluding diaryl/α,β-unsaturated/α-hetero) is 2. The maximum Gasteiger partial charge on any atom is 0.262 e. The first-order valence-electron chi connectivity index (χ1n) is 12.9. The second-order valence-corrected chi connectivity index (χ2v) is 12.0. The number of hydrogen-bond donors (Lipinski definition) is 2. The molecule has 1 aliphatic heterocycles. The number of anilines is 1. The number of dihydropyridines is 1. The summed E-state index contributed by atoms with van der Waals surface area (Å²) in [6.07, 6.45) is 2.47. The predicted octanol–water partition coefficient (Wildman–Crippen LogP) is 5.68. The summed E-state index contributed by atoms with van der Waals surface area (Å²) in [7, 11) is 0. The molecule has 2 N–H and O–H groups in total. The Morgan fingerprint density at radius 1 is 0.838 bits per heavy atom. The van der Waals surface area contributed by atoms with Crippen molar-refractivity contribution >= 4 is 23.2 Å². The molecule has 1 amide bonds. The minimum atomic E-state index is -0.381. The standard InChI is InChI=1S/C31H34N2O4/c1-30(2)14-22-28(24(34)16-30)27(29-23(33-22)15-31(3,4)17-25(29)35)19-10-12-21(13-11-19)37-18-26(36)32-20-8-6-5-7-9-20/h5-13,27,33H,14-18H2,1-4H3,(H,32,36). The molecule has 0 bridgehead atoms. The second kappa shape index (κ2) is 9.33. The Morgan fingerprint density at radius 3 is 1.92 bits per heavy atom. The van der Waals surface area contributed by atoms with Crippen molar-refractivity contribution in [1.82, 2.24) is 5.32 Å². The van der Waals surface area contributed by atoms with Crippen molar-refractivity contribution in [3.63, 3.8) is 0 Å². The van der Waals surface area contributed by atoms with Crippen molar-refractivity contribution in [2.45, 2.75) is 59.3 Å². The van der Waals surface area contributed by atoms with Gasteiger partial charge in [-0.2, -0.15) is 0 Å². The monoisotopic (exact) mass is 498 g/mol. The van der Waals surface area contributed by atoms with Gasteiger partial charge in [-0.05, 0) is 53.5 Å². The van der Waals surface area contributed by atoms with Crippen molar-refractivity contribution in [1.29, 1.82) is 0 Å². The summed E-state index contributed by atoms with van der Waals surface area (Å²) < 4.78 is 5.71. The van der Waals surface area contributed by atoms with E-state index in [0.29, 0.717) is 24.3 Å². The zero-order chi connectivity index (χ0) is 26.4. The van der Waals surface area contributed by atoms with Crippen LogP contribution in [0, 0.1) is 10.8 Å². The molecule has 6 heteroatoms. The summed E-state index contributed by atoms with van der Waals surface area (Å²) in [6.45, 7) is 8.35. The normalized spacial score (nSPS) is 20.6. The molecule has 2 aromatic rings. The third-order valence-electron chi connectivity index (χ3n) is 7.36. The summed E-state index contributed by atoms with van der Waals surface area (Å²) in [5.74, 6) is 0.131.